The zero-order valence-corrected chi connectivity index (χ0v) is 7.40. The molecule has 0 fully saturated rings. The van der Waals surface area contributed by atoms with Crippen molar-refractivity contribution in [3.05, 3.63) is 35.4 Å². The molecule has 0 aliphatic rings. The van der Waals surface area contributed by atoms with Gasteiger partial charge >= 0.3 is 0 Å². The highest BCUT2D eigenvalue weighted by atomic mass is 16.3. The van der Waals surface area contributed by atoms with E-state index in [1.54, 1.807) is 0 Å². The second-order valence-electron chi connectivity index (χ2n) is 2.89. The van der Waals surface area contributed by atoms with Crippen LogP contribution in [0.4, 0.5) is 0 Å². The maximum absolute atomic E-state index is 8.69. The molecule has 2 nitrogen and oxygen atoms in total. The van der Waals surface area contributed by atoms with Crippen molar-refractivity contribution in [2.75, 3.05) is 6.61 Å². The van der Waals surface area contributed by atoms with Crippen molar-refractivity contribution >= 4 is 0 Å². The molecule has 0 aliphatic carbocycles. The van der Waals surface area contributed by atoms with Crippen molar-refractivity contribution in [2.45, 2.75) is 12.5 Å². The van der Waals surface area contributed by atoms with Gasteiger partial charge in [-0.1, -0.05) is 18.1 Å². The molecule has 1 atom stereocenters. The molecular weight excluding hydrogens is 162 g/mol. The maximum Gasteiger partial charge on any atom is 0.0449 e. The lowest BCUT2D eigenvalue weighted by Crippen LogP contribution is -2.11. The first kappa shape index (κ1) is 9.79. The SMILES string of the molecule is C#Cc1ccc(C(N)CCO)cc1. The number of hydrogen-bond acceptors (Lipinski definition) is 2. The summed E-state index contributed by atoms with van der Waals surface area (Å²) in [6, 6.07) is 7.40. The Balaban J connectivity index is 2.75. The fourth-order valence-electron chi connectivity index (χ4n) is 1.13. The van der Waals surface area contributed by atoms with E-state index in [2.05, 4.69) is 5.92 Å². The van der Waals surface area contributed by atoms with Gasteiger partial charge in [-0.25, -0.2) is 0 Å². The van der Waals surface area contributed by atoms with Crippen molar-refractivity contribution < 1.29 is 5.11 Å². The van der Waals surface area contributed by atoms with E-state index in [1.165, 1.54) is 0 Å². The summed E-state index contributed by atoms with van der Waals surface area (Å²) in [6.45, 7) is 0.109. The lowest BCUT2D eigenvalue weighted by atomic mass is 10.0. The molecule has 68 valence electrons. The Morgan fingerprint density at radius 1 is 1.38 bits per heavy atom. The first-order valence-electron chi connectivity index (χ1n) is 4.21. The third-order valence-electron chi connectivity index (χ3n) is 1.95. The lowest BCUT2D eigenvalue weighted by molar-refractivity contribution is 0.276. The predicted molar refractivity (Wildman–Crippen MR) is 53.0 cm³/mol. The molecule has 0 aliphatic heterocycles. The normalized spacial score (nSPS) is 12.1. The summed E-state index contributed by atoms with van der Waals surface area (Å²) in [6.07, 6.45) is 5.79. The molecule has 1 aromatic carbocycles. The molecule has 0 spiro atoms. The van der Waals surface area contributed by atoms with Gasteiger partial charge in [0.2, 0.25) is 0 Å². The zero-order valence-electron chi connectivity index (χ0n) is 7.40. The maximum atomic E-state index is 8.69. The van der Waals surface area contributed by atoms with E-state index in [-0.39, 0.29) is 12.6 Å². The number of aliphatic hydroxyl groups is 1. The molecule has 0 aromatic heterocycles. The standard InChI is InChI=1S/C11H13NO/c1-2-9-3-5-10(6-4-9)11(12)7-8-13/h1,3-6,11,13H,7-8,12H2. The van der Waals surface area contributed by atoms with Gasteiger partial charge in [-0.3, -0.25) is 0 Å². The molecule has 0 bridgehead atoms. The minimum absolute atomic E-state index is 0.100. The summed E-state index contributed by atoms with van der Waals surface area (Å²) < 4.78 is 0. The average Bonchev–Trinajstić information content (AvgIpc) is 2.18. The summed E-state index contributed by atoms with van der Waals surface area (Å²) in [5.41, 5.74) is 7.64. The summed E-state index contributed by atoms with van der Waals surface area (Å²) in [7, 11) is 0. The highest BCUT2D eigenvalue weighted by Crippen LogP contribution is 2.13. The van der Waals surface area contributed by atoms with Gasteiger partial charge in [-0.05, 0) is 24.1 Å². The van der Waals surface area contributed by atoms with Crippen molar-refractivity contribution in [2.24, 2.45) is 5.73 Å². The molecule has 2 heteroatoms. The van der Waals surface area contributed by atoms with Crippen molar-refractivity contribution in [1.29, 1.82) is 0 Å². The molecule has 0 heterocycles. The molecule has 1 aromatic rings. The van der Waals surface area contributed by atoms with Crippen LogP contribution in [0, 0.1) is 12.3 Å². The van der Waals surface area contributed by atoms with Crippen LogP contribution in [0.1, 0.15) is 23.6 Å². The van der Waals surface area contributed by atoms with E-state index < -0.39 is 0 Å². The number of benzene rings is 1. The number of aliphatic hydroxyl groups excluding tert-OH is 1. The van der Waals surface area contributed by atoms with E-state index in [0.717, 1.165) is 11.1 Å². The van der Waals surface area contributed by atoms with Crippen molar-refractivity contribution in [1.82, 2.24) is 0 Å². The summed E-state index contributed by atoms with van der Waals surface area (Å²) in [5.74, 6) is 2.53. The highest BCUT2D eigenvalue weighted by molar-refractivity contribution is 5.35. The van der Waals surface area contributed by atoms with Crippen LogP contribution in [0.3, 0.4) is 0 Å². The Bertz CT molecular complexity index is 297. The van der Waals surface area contributed by atoms with Gasteiger partial charge in [-0.2, -0.15) is 0 Å². The Labute approximate surface area is 78.4 Å². The third-order valence-corrected chi connectivity index (χ3v) is 1.95. The summed E-state index contributed by atoms with van der Waals surface area (Å²) >= 11 is 0. The molecule has 13 heavy (non-hydrogen) atoms. The first-order valence-corrected chi connectivity index (χ1v) is 4.21. The van der Waals surface area contributed by atoms with Crippen LogP contribution in [0.25, 0.3) is 0 Å². The van der Waals surface area contributed by atoms with Crippen LogP contribution in [0.2, 0.25) is 0 Å². The van der Waals surface area contributed by atoms with Gasteiger partial charge in [0.25, 0.3) is 0 Å². The second kappa shape index (κ2) is 4.66. The van der Waals surface area contributed by atoms with Crippen molar-refractivity contribution in [3.63, 3.8) is 0 Å². The molecular formula is C11H13NO. The van der Waals surface area contributed by atoms with E-state index in [9.17, 15) is 0 Å². The molecule has 0 amide bonds. The van der Waals surface area contributed by atoms with Crippen LogP contribution in [-0.4, -0.2) is 11.7 Å². The Morgan fingerprint density at radius 2 is 2.00 bits per heavy atom. The number of nitrogens with two attached hydrogens (primary N) is 1. The fraction of sp³-hybridized carbons (Fsp3) is 0.273. The summed E-state index contributed by atoms with van der Waals surface area (Å²) in [5, 5.41) is 8.69. The zero-order chi connectivity index (χ0) is 9.68. The van der Waals surface area contributed by atoms with Gasteiger partial charge in [0.1, 0.15) is 0 Å². The quantitative estimate of drug-likeness (QED) is 0.674. The third kappa shape index (κ3) is 2.59. The van der Waals surface area contributed by atoms with Gasteiger partial charge < -0.3 is 10.8 Å². The van der Waals surface area contributed by atoms with E-state index >= 15 is 0 Å². The van der Waals surface area contributed by atoms with E-state index in [0.29, 0.717) is 6.42 Å². The molecule has 1 unspecified atom stereocenters. The van der Waals surface area contributed by atoms with Crippen LogP contribution in [0.15, 0.2) is 24.3 Å². The number of terminal acetylenes is 1. The summed E-state index contributed by atoms with van der Waals surface area (Å²) in [4.78, 5) is 0. The van der Waals surface area contributed by atoms with E-state index in [4.69, 9.17) is 17.3 Å². The minimum atomic E-state index is -0.100. The van der Waals surface area contributed by atoms with Crippen LogP contribution >= 0.6 is 0 Å². The van der Waals surface area contributed by atoms with Gasteiger partial charge in [0.05, 0.1) is 0 Å². The molecule has 1 rings (SSSR count). The molecule has 0 saturated carbocycles. The molecule has 0 saturated heterocycles. The van der Waals surface area contributed by atoms with Gasteiger partial charge in [0, 0.05) is 18.2 Å². The smallest absolute Gasteiger partial charge is 0.0449 e. The first-order chi connectivity index (χ1) is 6.27. The van der Waals surface area contributed by atoms with Crippen LogP contribution in [-0.2, 0) is 0 Å². The largest absolute Gasteiger partial charge is 0.396 e. The Hall–Kier alpha value is -1.30. The van der Waals surface area contributed by atoms with Gasteiger partial charge in [-0.15, -0.1) is 6.42 Å². The van der Waals surface area contributed by atoms with Gasteiger partial charge in [0.15, 0.2) is 0 Å². The van der Waals surface area contributed by atoms with E-state index in [1.807, 2.05) is 24.3 Å². The lowest BCUT2D eigenvalue weighted by Gasteiger charge is -2.09. The average molecular weight is 175 g/mol. The fourth-order valence-corrected chi connectivity index (χ4v) is 1.13. The monoisotopic (exact) mass is 175 g/mol. The molecule has 3 N–H and O–H groups in total. The predicted octanol–water partition coefficient (Wildman–Crippen LogP) is 1.05. The van der Waals surface area contributed by atoms with Crippen molar-refractivity contribution in [3.8, 4) is 12.3 Å². The number of rotatable bonds is 3. The topological polar surface area (TPSA) is 46.2 Å². The minimum Gasteiger partial charge on any atom is -0.396 e. The Kier molecular flexibility index (Phi) is 3.51. The second-order valence-corrected chi connectivity index (χ2v) is 2.89. The Morgan fingerprint density at radius 3 is 2.46 bits per heavy atom. The molecule has 0 radical (unpaired) electrons. The van der Waals surface area contributed by atoms with Crippen LogP contribution in [0.5, 0.6) is 0 Å². The van der Waals surface area contributed by atoms with Crippen LogP contribution < -0.4 is 5.73 Å². The highest BCUT2D eigenvalue weighted by Gasteiger charge is 2.03. The number of hydrogen-bond donors (Lipinski definition) is 2.